The van der Waals surface area contributed by atoms with Crippen LogP contribution >= 0.6 is 22.9 Å². The van der Waals surface area contributed by atoms with Crippen LogP contribution < -0.4 is 10.7 Å². The van der Waals surface area contributed by atoms with Crippen LogP contribution in [0.4, 0.5) is 6.01 Å². The molecule has 1 amide bonds. The van der Waals surface area contributed by atoms with Gasteiger partial charge in [0.1, 0.15) is 5.58 Å². The molecule has 0 bridgehead atoms. The Balaban J connectivity index is 1.60. The second kappa shape index (κ2) is 6.15. The van der Waals surface area contributed by atoms with Crippen molar-refractivity contribution in [3.8, 4) is 10.8 Å². The second-order valence-electron chi connectivity index (χ2n) is 4.94. The predicted molar refractivity (Wildman–Crippen MR) is 93.1 cm³/mol. The molecule has 4 aromatic rings. The van der Waals surface area contributed by atoms with E-state index in [4.69, 9.17) is 20.4 Å². The smallest absolute Gasteiger partial charge is 0.322 e. The zero-order chi connectivity index (χ0) is 17.4. The van der Waals surface area contributed by atoms with E-state index in [1.807, 2.05) is 0 Å². The van der Waals surface area contributed by atoms with Gasteiger partial charge in [-0.3, -0.25) is 14.9 Å². The molecule has 0 spiro atoms. The zero-order valence-electron chi connectivity index (χ0n) is 12.4. The number of rotatable bonds is 3. The molecule has 0 fully saturated rings. The Morgan fingerprint density at radius 1 is 1.12 bits per heavy atom. The van der Waals surface area contributed by atoms with Crippen molar-refractivity contribution in [3.05, 3.63) is 62.8 Å². The number of para-hydroxylation sites is 1. The fourth-order valence-electron chi connectivity index (χ4n) is 2.18. The van der Waals surface area contributed by atoms with Gasteiger partial charge >= 0.3 is 6.01 Å². The van der Waals surface area contributed by atoms with Gasteiger partial charge in [-0.25, -0.2) is 0 Å². The van der Waals surface area contributed by atoms with Crippen molar-refractivity contribution in [2.45, 2.75) is 0 Å². The van der Waals surface area contributed by atoms with Crippen molar-refractivity contribution in [2.24, 2.45) is 0 Å². The van der Waals surface area contributed by atoms with E-state index < -0.39 is 5.91 Å². The molecule has 3 aromatic heterocycles. The number of benzene rings is 1. The molecular formula is C16H8ClN3O4S. The maximum Gasteiger partial charge on any atom is 0.322 e. The Labute approximate surface area is 148 Å². The van der Waals surface area contributed by atoms with Gasteiger partial charge in [-0.2, -0.15) is 0 Å². The normalized spacial score (nSPS) is 10.9. The van der Waals surface area contributed by atoms with E-state index >= 15 is 0 Å². The fraction of sp³-hybridized carbons (Fsp3) is 0. The van der Waals surface area contributed by atoms with Crippen LogP contribution in [0.5, 0.6) is 0 Å². The van der Waals surface area contributed by atoms with E-state index in [1.54, 1.807) is 36.4 Å². The van der Waals surface area contributed by atoms with Gasteiger partial charge in [-0.05, 0) is 24.3 Å². The Bertz CT molecular complexity index is 1150. The predicted octanol–water partition coefficient (Wildman–Crippen LogP) is 3.81. The molecule has 9 heteroatoms. The first-order valence-corrected chi connectivity index (χ1v) is 8.23. The Morgan fingerprint density at radius 2 is 1.96 bits per heavy atom. The third-order valence-electron chi connectivity index (χ3n) is 3.29. The van der Waals surface area contributed by atoms with Crippen LogP contribution in [0.1, 0.15) is 10.6 Å². The summed E-state index contributed by atoms with van der Waals surface area (Å²) in [6.45, 7) is 0. The molecule has 0 aliphatic carbocycles. The van der Waals surface area contributed by atoms with Gasteiger partial charge < -0.3 is 8.83 Å². The van der Waals surface area contributed by atoms with Gasteiger partial charge in [0.05, 0.1) is 14.6 Å². The molecule has 1 aromatic carbocycles. The lowest BCUT2D eigenvalue weighted by atomic mass is 10.2. The first kappa shape index (κ1) is 15.6. The standard InChI is InChI=1S/C16H8ClN3O4S/c17-13-6-5-12(25-13)15-19-20-16(24-15)18-14(22)11-7-9(21)8-3-1-2-4-10(8)23-11/h1-7H,(H,18,20,22). The topological polar surface area (TPSA) is 98.2 Å². The highest BCUT2D eigenvalue weighted by Crippen LogP contribution is 2.30. The van der Waals surface area contributed by atoms with E-state index in [-0.39, 0.29) is 23.1 Å². The molecule has 0 radical (unpaired) electrons. The SMILES string of the molecule is O=C(Nc1nnc(-c2ccc(Cl)s2)o1)c1cc(=O)c2ccccc2o1. The van der Waals surface area contributed by atoms with Gasteiger partial charge in [0.25, 0.3) is 11.8 Å². The highest BCUT2D eigenvalue weighted by molar-refractivity contribution is 7.19. The summed E-state index contributed by atoms with van der Waals surface area (Å²) in [6.07, 6.45) is 0. The van der Waals surface area contributed by atoms with Gasteiger partial charge in [0, 0.05) is 6.07 Å². The van der Waals surface area contributed by atoms with Crippen LogP contribution in [-0.4, -0.2) is 16.1 Å². The first-order valence-electron chi connectivity index (χ1n) is 7.03. The number of carbonyl (C=O) groups excluding carboxylic acids is 1. The number of nitrogens with zero attached hydrogens (tertiary/aromatic N) is 2. The highest BCUT2D eigenvalue weighted by Gasteiger charge is 2.17. The van der Waals surface area contributed by atoms with Gasteiger partial charge in [-0.1, -0.05) is 28.8 Å². The number of aromatic nitrogens is 2. The number of hydrogen-bond donors (Lipinski definition) is 1. The molecule has 3 heterocycles. The Hall–Kier alpha value is -2.97. The number of fused-ring (bicyclic) bond motifs is 1. The number of halogens is 1. The van der Waals surface area contributed by atoms with Crippen molar-refractivity contribution >= 4 is 45.8 Å². The van der Waals surface area contributed by atoms with Crippen LogP contribution in [0.3, 0.4) is 0 Å². The Kier molecular flexibility index (Phi) is 3.83. The summed E-state index contributed by atoms with van der Waals surface area (Å²) >= 11 is 7.13. The largest absolute Gasteiger partial charge is 0.451 e. The summed E-state index contributed by atoms with van der Waals surface area (Å²) in [4.78, 5) is 25.0. The molecule has 124 valence electrons. The number of nitrogens with one attached hydrogen (secondary N) is 1. The number of thiophene rings is 1. The van der Waals surface area contributed by atoms with Crippen LogP contribution in [0.2, 0.25) is 4.34 Å². The van der Waals surface area contributed by atoms with Crippen LogP contribution in [0.25, 0.3) is 21.7 Å². The van der Waals surface area contributed by atoms with E-state index in [9.17, 15) is 9.59 Å². The molecule has 0 unspecified atom stereocenters. The summed E-state index contributed by atoms with van der Waals surface area (Å²) in [5.74, 6) is -0.586. The molecule has 4 rings (SSSR count). The van der Waals surface area contributed by atoms with Crippen molar-refractivity contribution in [1.82, 2.24) is 10.2 Å². The van der Waals surface area contributed by atoms with Crippen LogP contribution in [0, 0.1) is 0 Å². The van der Waals surface area contributed by atoms with E-state index in [1.165, 1.54) is 11.3 Å². The number of amides is 1. The number of carbonyl (C=O) groups is 1. The highest BCUT2D eigenvalue weighted by atomic mass is 35.5. The summed E-state index contributed by atoms with van der Waals surface area (Å²) in [6, 6.07) is 11.1. The van der Waals surface area contributed by atoms with E-state index in [0.29, 0.717) is 20.2 Å². The van der Waals surface area contributed by atoms with Gasteiger partial charge in [0.15, 0.2) is 11.2 Å². The molecule has 0 aliphatic rings. The lowest BCUT2D eigenvalue weighted by Crippen LogP contribution is -2.15. The number of hydrogen-bond acceptors (Lipinski definition) is 7. The van der Waals surface area contributed by atoms with Gasteiger partial charge in [0.2, 0.25) is 0 Å². The minimum absolute atomic E-state index is 0.111. The second-order valence-corrected chi connectivity index (χ2v) is 6.66. The van der Waals surface area contributed by atoms with Gasteiger partial charge in [-0.15, -0.1) is 16.4 Å². The summed E-state index contributed by atoms with van der Waals surface area (Å²) in [7, 11) is 0. The summed E-state index contributed by atoms with van der Waals surface area (Å²) < 4.78 is 11.4. The average Bonchev–Trinajstić information content (AvgIpc) is 3.23. The quantitative estimate of drug-likeness (QED) is 0.586. The van der Waals surface area contributed by atoms with E-state index in [0.717, 1.165) is 6.07 Å². The van der Waals surface area contributed by atoms with Crippen LogP contribution in [-0.2, 0) is 0 Å². The third kappa shape index (κ3) is 3.04. The molecule has 0 saturated carbocycles. The molecule has 0 atom stereocenters. The third-order valence-corrected chi connectivity index (χ3v) is 4.51. The van der Waals surface area contributed by atoms with Crippen molar-refractivity contribution in [2.75, 3.05) is 5.32 Å². The summed E-state index contributed by atoms with van der Waals surface area (Å²) in [5.41, 5.74) is 0.00559. The minimum atomic E-state index is -0.665. The molecule has 25 heavy (non-hydrogen) atoms. The fourth-order valence-corrected chi connectivity index (χ4v) is 3.14. The lowest BCUT2D eigenvalue weighted by molar-refractivity contribution is 0.0994. The monoisotopic (exact) mass is 373 g/mol. The lowest BCUT2D eigenvalue weighted by Gasteiger charge is -2.01. The zero-order valence-corrected chi connectivity index (χ0v) is 13.9. The Morgan fingerprint density at radius 3 is 2.76 bits per heavy atom. The summed E-state index contributed by atoms with van der Waals surface area (Å²) in [5, 5.41) is 10.4. The average molecular weight is 374 g/mol. The maximum absolute atomic E-state index is 12.3. The molecule has 7 nitrogen and oxygen atoms in total. The first-order chi connectivity index (χ1) is 12.1. The molecule has 0 saturated heterocycles. The number of anilines is 1. The van der Waals surface area contributed by atoms with Crippen molar-refractivity contribution < 1.29 is 13.6 Å². The molecule has 0 aliphatic heterocycles. The molecular weight excluding hydrogens is 366 g/mol. The maximum atomic E-state index is 12.3. The van der Waals surface area contributed by atoms with Crippen molar-refractivity contribution in [1.29, 1.82) is 0 Å². The van der Waals surface area contributed by atoms with E-state index in [2.05, 4.69) is 15.5 Å². The van der Waals surface area contributed by atoms with Crippen LogP contribution in [0.15, 0.2) is 56.1 Å². The molecule has 1 N–H and O–H groups in total. The van der Waals surface area contributed by atoms with Crippen molar-refractivity contribution in [3.63, 3.8) is 0 Å². The minimum Gasteiger partial charge on any atom is -0.451 e.